The van der Waals surface area contributed by atoms with Gasteiger partial charge < -0.3 is 10.8 Å². The normalized spacial score (nSPS) is 10.8. The van der Waals surface area contributed by atoms with E-state index >= 15 is 0 Å². The Hall–Kier alpha value is -1.82. The largest absolute Gasteiger partial charge is 0.506 e. The lowest BCUT2D eigenvalue weighted by molar-refractivity contribution is 0.458. The van der Waals surface area contributed by atoms with E-state index < -0.39 is 22.9 Å². The van der Waals surface area contributed by atoms with Crippen molar-refractivity contribution in [3.05, 3.63) is 28.8 Å². The van der Waals surface area contributed by atoms with Crippen molar-refractivity contribution in [3.63, 3.8) is 0 Å². The average Bonchev–Trinajstić information content (AvgIpc) is 2.57. The first kappa shape index (κ1) is 11.7. The van der Waals surface area contributed by atoms with Crippen LogP contribution in [0.4, 0.5) is 14.6 Å². The third kappa shape index (κ3) is 1.80. The van der Waals surface area contributed by atoms with Crippen LogP contribution in [-0.2, 0) is 7.05 Å². The molecule has 1 heterocycles. The van der Waals surface area contributed by atoms with Gasteiger partial charge in [0.05, 0.1) is 10.6 Å². The number of benzene rings is 1. The van der Waals surface area contributed by atoms with Crippen LogP contribution in [-0.4, -0.2) is 14.9 Å². The molecule has 0 atom stereocenters. The van der Waals surface area contributed by atoms with Gasteiger partial charge in [0.15, 0.2) is 11.6 Å². The average molecular weight is 260 g/mol. The maximum absolute atomic E-state index is 13.6. The lowest BCUT2D eigenvalue weighted by Crippen LogP contribution is -1.97. The molecule has 2 rings (SSSR count). The van der Waals surface area contributed by atoms with E-state index in [9.17, 15) is 13.9 Å². The van der Waals surface area contributed by atoms with Crippen LogP contribution in [0, 0.1) is 11.6 Å². The number of nitrogens with zero attached hydrogens (tertiary/aromatic N) is 2. The molecule has 1 aromatic carbocycles. The number of aromatic hydroxyl groups is 1. The molecule has 1 aromatic heterocycles. The van der Waals surface area contributed by atoms with Crippen molar-refractivity contribution in [2.45, 2.75) is 0 Å². The maximum atomic E-state index is 13.6. The molecule has 0 aliphatic rings. The number of aryl methyl sites for hydroxylation is 1. The van der Waals surface area contributed by atoms with E-state index in [4.69, 9.17) is 17.3 Å². The number of hydrogen-bond acceptors (Lipinski definition) is 3. The van der Waals surface area contributed by atoms with E-state index in [0.717, 1.165) is 0 Å². The van der Waals surface area contributed by atoms with Crippen molar-refractivity contribution in [1.82, 2.24) is 9.78 Å². The zero-order chi connectivity index (χ0) is 12.7. The molecular formula is C10H8ClF2N3O. The molecule has 17 heavy (non-hydrogen) atoms. The number of phenols is 1. The molecule has 0 spiro atoms. The van der Waals surface area contributed by atoms with Gasteiger partial charge in [-0.3, -0.25) is 4.68 Å². The Bertz CT molecular complexity index is 552. The van der Waals surface area contributed by atoms with Crippen molar-refractivity contribution in [2.75, 3.05) is 5.73 Å². The highest BCUT2D eigenvalue weighted by Crippen LogP contribution is 2.38. The maximum Gasteiger partial charge on any atom is 0.172 e. The van der Waals surface area contributed by atoms with E-state index in [0.29, 0.717) is 6.07 Å². The Morgan fingerprint density at radius 2 is 2.06 bits per heavy atom. The third-order valence-electron chi connectivity index (χ3n) is 2.32. The summed E-state index contributed by atoms with van der Waals surface area (Å²) in [5.41, 5.74) is 5.14. The van der Waals surface area contributed by atoms with Gasteiger partial charge in [0, 0.05) is 13.1 Å². The summed E-state index contributed by atoms with van der Waals surface area (Å²) in [5, 5.41) is 13.2. The summed E-state index contributed by atoms with van der Waals surface area (Å²) < 4.78 is 28.0. The molecule has 2 aromatic rings. The molecule has 0 saturated carbocycles. The van der Waals surface area contributed by atoms with Gasteiger partial charge in [-0.1, -0.05) is 11.6 Å². The van der Waals surface area contributed by atoms with Crippen LogP contribution in [0.5, 0.6) is 5.75 Å². The van der Waals surface area contributed by atoms with Crippen molar-refractivity contribution >= 4 is 17.4 Å². The zero-order valence-corrected chi connectivity index (χ0v) is 9.46. The van der Waals surface area contributed by atoms with Crippen molar-refractivity contribution in [1.29, 1.82) is 0 Å². The Kier molecular flexibility index (Phi) is 2.66. The first-order valence-electron chi connectivity index (χ1n) is 4.58. The lowest BCUT2D eigenvalue weighted by Gasteiger charge is -2.05. The third-order valence-corrected chi connectivity index (χ3v) is 2.61. The van der Waals surface area contributed by atoms with E-state index in [1.54, 1.807) is 0 Å². The molecule has 3 N–H and O–H groups in total. The molecule has 0 bridgehead atoms. The molecule has 0 amide bonds. The summed E-state index contributed by atoms with van der Waals surface area (Å²) in [4.78, 5) is 0. The van der Waals surface area contributed by atoms with Gasteiger partial charge in [-0.15, -0.1) is 0 Å². The van der Waals surface area contributed by atoms with Gasteiger partial charge in [-0.2, -0.15) is 5.10 Å². The van der Waals surface area contributed by atoms with E-state index in [1.165, 1.54) is 17.8 Å². The van der Waals surface area contributed by atoms with Crippen LogP contribution >= 0.6 is 11.6 Å². The molecule has 7 heteroatoms. The highest BCUT2D eigenvalue weighted by atomic mass is 35.5. The smallest absolute Gasteiger partial charge is 0.172 e. The lowest BCUT2D eigenvalue weighted by atomic mass is 10.1. The summed E-state index contributed by atoms with van der Waals surface area (Å²) >= 11 is 5.57. The number of halogens is 3. The zero-order valence-electron chi connectivity index (χ0n) is 8.71. The van der Waals surface area contributed by atoms with Crippen LogP contribution in [0.3, 0.4) is 0 Å². The number of aromatic nitrogens is 2. The molecule has 0 unspecified atom stereocenters. The fourth-order valence-corrected chi connectivity index (χ4v) is 1.61. The number of anilines is 1. The summed E-state index contributed by atoms with van der Waals surface area (Å²) in [7, 11) is 1.54. The molecule has 0 aliphatic heterocycles. The van der Waals surface area contributed by atoms with E-state index in [-0.39, 0.29) is 16.5 Å². The highest BCUT2D eigenvalue weighted by Gasteiger charge is 2.21. The van der Waals surface area contributed by atoms with Crippen molar-refractivity contribution < 1.29 is 13.9 Å². The molecule has 90 valence electrons. The van der Waals surface area contributed by atoms with Crippen molar-refractivity contribution in [3.8, 4) is 17.0 Å². The minimum absolute atomic E-state index is 0.0152. The molecule has 0 radical (unpaired) electrons. The summed E-state index contributed by atoms with van der Waals surface area (Å²) in [5.74, 6) is -2.69. The molecule has 0 saturated heterocycles. The van der Waals surface area contributed by atoms with Gasteiger partial charge in [-0.25, -0.2) is 8.78 Å². The Labute approximate surface area is 100 Å². The van der Waals surface area contributed by atoms with Crippen molar-refractivity contribution in [2.24, 2.45) is 7.05 Å². The molecular weight excluding hydrogens is 252 g/mol. The summed E-state index contributed by atoms with van der Waals surface area (Å²) in [6.07, 6.45) is 0. The SMILES string of the molecule is Cn1nc(-c2c(O)c(Cl)cc(F)c2F)cc1N. The summed E-state index contributed by atoms with van der Waals surface area (Å²) in [6, 6.07) is 2.01. The number of hydrogen-bond donors (Lipinski definition) is 2. The van der Waals surface area contributed by atoms with Crippen LogP contribution in [0.25, 0.3) is 11.3 Å². The first-order chi connectivity index (χ1) is 7.91. The first-order valence-corrected chi connectivity index (χ1v) is 4.96. The van der Waals surface area contributed by atoms with E-state index in [2.05, 4.69) is 5.10 Å². The van der Waals surface area contributed by atoms with Crippen LogP contribution < -0.4 is 5.73 Å². The fraction of sp³-hybridized carbons (Fsp3) is 0.100. The van der Waals surface area contributed by atoms with Crippen LogP contribution in [0.15, 0.2) is 12.1 Å². The predicted octanol–water partition coefficient (Wildman–Crippen LogP) is 2.31. The predicted molar refractivity (Wildman–Crippen MR) is 59.6 cm³/mol. The summed E-state index contributed by atoms with van der Waals surface area (Å²) in [6.45, 7) is 0. The second-order valence-corrected chi connectivity index (χ2v) is 3.86. The van der Waals surface area contributed by atoms with Gasteiger partial charge in [-0.05, 0) is 6.07 Å². The van der Waals surface area contributed by atoms with Crippen LogP contribution in [0.2, 0.25) is 5.02 Å². The Morgan fingerprint density at radius 3 is 2.59 bits per heavy atom. The number of phenolic OH excluding ortho intramolecular Hbond substituents is 1. The standard InChI is InChI=1S/C10H8ClF2N3O/c1-16-7(14)3-6(15-16)8-9(13)5(12)2-4(11)10(8)17/h2-3,17H,14H2,1H3. The molecule has 0 aliphatic carbocycles. The number of nitrogens with two attached hydrogens (primary N) is 1. The Balaban J connectivity index is 2.74. The number of rotatable bonds is 1. The fourth-order valence-electron chi connectivity index (χ4n) is 1.42. The second-order valence-electron chi connectivity index (χ2n) is 3.46. The number of nitrogen functional groups attached to an aromatic ring is 1. The Morgan fingerprint density at radius 1 is 1.41 bits per heavy atom. The minimum atomic E-state index is -1.22. The topological polar surface area (TPSA) is 64.1 Å². The monoisotopic (exact) mass is 259 g/mol. The van der Waals surface area contributed by atoms with Crippen LogP contribution in [0.1, 0.15) is 0 Å². The molecule has 4 nitrogen and oxygen atoms in total. The van der Waals surface area contributed by atoms with E-state index in [1.807, 2.05) is 0 Å². The second kappa shape index (κ2) is 3.89. The highest BCUT2D eigenvalue weighted by molar-refractivity contribution is 6.32. The van der Waals surface area contributed by atoms with Gasteiger partial charge >= 0.3 is 0 Å². The quantitative estimate of drug-likeness (QED) is 0.773. The van der Waals surface area contributed by atoms with Gasteiger partial charge in [0.2, 0.25) is 0 Å². The van der Waals surface area contributed by atoms with Gasteiger partial charge in [0.1, 0.15) is 17.3 Å². The van der Waals surface area contributed by atoms with Gasteiger partial charge in [0.25, 0.3) is 0 Å². The molecule has 0 fully saturated rings. The minimum Gasteiger partial charge on any atom is -0.506 e.